The van der Waals surface area contributed by atoms with E-state index in [1.807, 2.05) is 35.2 Å². The highest BCUT2D eigenvalue weighted by atomic mass is 16.5. The first-order valence-electron chi connectivity index (χ1n) is 10.8. The van der Waals surface area contributed by atoms with E-state index in [9.17, 15) is 4.79 Å². The van der Waals surface area contributed by atoms with Gasteiger partial charge < -0.3 is 14.4 Å². The highest BCUT2D eigenvalue weighted by Crippen LogP contribution is 2.38. The van der Waals surface area contributed by atoms with Crippen molar-refractivity contribution in [2.24, 2.45) is 5.92 Å². The number of pyridine rings is 1. The molecule has 1 spiro atoms. The summed E-state index contributed by atoms with van der Waals surface area (Å²) in [7, 11) is 0. The Kier molecular flexibility index (Phi) is 5.24. The average Bonchev–Trinajstić information content (AvgIpc) is 3.15. The highest BCUT2D eigenvalue weighted by Gasteiger charge is 2.45. The molecule has 2 aromatic rings. The lowest BCUT2D eigenvalue weighted by atomic mass is 9.86. The van der Waals surface area contributed by atoms with Gasteiger partial charge in [0.25, 0.3) is 5.91 Å². The summed E-state index contributed by atoms with van der Waals surface area (Å²) in [6, 6.07) is 9.77. The molecular weight excluding hydrogens is 366 g/mol. The topological polar surface area (TPSA) is 54.9 Å². The third-order valence-electron chi connectivity index (χ3n) is 6.60. The maximum Gasteiger partial charge on any atom is 0.256 e. The minimum atomic E-state index is -0.178. The molecule has 0 bridgehead atoms. The Balaban J connectivity index is 1.28. The van der Waals surface area contributed by atoms with Crippen LogP contribution in [-0.4, -0.2) is 78.8 Å². The van der Waals surface area contributed by atoms with Gasteiger partial charge in [-0.15, -0.1) is 0 Å². The SMILES string of the molecule is O=C(c1cccc2cccnc12)N1CCC[C@]2(C[C@@H](CN3CCOCC3)CO2)C1. The van der Waals surface area contributed by atoms with Gasteiger partial charge in [-0.1, -0.05) is 18.2 Å². The first kappa shape index (κ1) is 19.0. The van der Waals surface area contributed by atoms with Gasteiger partial charge in [0.1, 0.15) is 0 Å². The summed E-state index contributed by atoms with van der Waals surface area (Å²) in [6.07, 6.45) is 4.84. The van der Waals surface area contributed by atoms with E-state index in [1.165, 1.54) is 0 Å². The number of carbonyl (C=O) groups is 1. The molecule has 1 amide bonds. The Morgan fingerprint density at radius 1 is 1.17 bits per heavy atom. The monoisotopic (exact) mass is 395 g/mol. The van der Waals surface area contributed by atoms with Gasteiger partial charge in [-0.05, 0) is 37.3 Å². The summed E-state index contributed by atoms with van der Waals surface area (Å²) in [6.45, 7) is 7.06. The van der Waals surface area contributed by atoms with Crippen LogP contribution in [0.25, 0.3) is 10.9 Å². The zero-order chi connectivity index (χ0) is 19.7. The van der Waals surface area contributed by atoms with Crippen molar-refractivity contribution in [3.8, 4) is 0 Å². The van der Waals surface area contributed by atoms with E-state index in [0.29, 0.717) is 18.0 Å². The standard InChI is InChI=1S/C23H29N3O3/c27-22(20-6-1-4-19-5-2-8-24-21(19)20)26-9-3-7-23(17-26)14-18(16-29-23)15-25-10-12-28-13-11-25/h1-2,4-6,8,18H,3,7,9-17H2/t18-,23-/m0/s1. The second kappa shape index (κ2) is 8.01. The molecule has 6 nitrogen and oxygen atoms in total. The first-order valence-corrected chi connectivity index (χ1v) is 10.8. The Morgan fingerprint density at radius 3 is 2.93 bits per heavy atom. The van der Waals surface area contributed by atoms with Crippen LogP contribution in [0.3, 0.4) is 0 Å². The maximum atomic E-state index is 13.4. The van der Waals surface area contributed by atoms with Crippen LogP contribution in [0.5, 0.6) is 0 Å². The molecule has 3 aliphatic rings. The number of hydrogen-bond acceptors (Lipinski definition) is 5. The van der Waals surface area contributed by atoms with Crippen molar-refractivity contribution in [2.45, 2.75) is 24.9 Å². The Hall–Kier alpha value is -2.02. The molecule has 29 heavy (non-hydrogen) atoms. The predicted octanol–water partition coefficient (Wildman–Crippen LogP) is 2.58. The van der Waals surface area contributed by atoms with E-state index in [4.69, 9.17) is 9.47 Å². The van der Waals surface area contributed by atoms with Crippen molar-refractivity contribution in [3.63, 3.8) is 0 Å². The molecule has 3 aliphatic heterocycles. The summed E-state index contributed by atoms with van der Waals surface area (Å²) in [5, 5.41) is 1.01. The molecule has 154 valence electrons. The van der Waals surface area contributed by atoms with E-state index in [1.54, 1.807) is 6.20 Å². The van der Waals surface area contributed by atoms with Crippen LogP contribution in [-0.2, 0) is 9.47 Å². The first-order chi connectivity index (χ1) is 14.2. The zero-order valence-electron chi connectivity index (χ0n) is 16.9. The number of amides is 1. The third-order valence-corrected chi connectivity index (χ3v) is 6.60. The van der Waals surface area contributed by atoms with Crippen molar-refractivity contribution in [1.29, 1.82) is 0 Å². The van der Waals surface area contributed by atoms with Crippen molar-refractivity contribution in [3.05, 3.63) is 42.1 Å². The number of hydrogen-bond donors (Lipinski definition) is 0. The van der Waals surface area contributed by atoms with Crippen LogP contribution in [0, 0.1) is 5.92 Å². The van der Waals surface area contributed by atoms with Gasteiger partial charge in [-0.2, -0.15) is 0 Å². The molecule has 1 aromatic carbocycles. The molecule has 0 radical (unpaired) electrons. The molecule has 0 aliphatic carbocycles. The number of para-hydroxylation sites is 1. The Labute approximate surface area is 171 Å². The second-order valence-corrected chi connectivity index (χ2v) is 8.69. The lowest BCUT2D eigenvalue weighted by Gasteiger charge is -2.40. The third kappa shape index (κ3) is 3.89. The van der Waals surface area contributed by atoms with Crippen LogP contribution in [0.4, 0.5) is 0 Å². The summed E-state index contributed by atoms with van der Waals surface area (Å²) >= 11 is 0. The summed E-state index contributed by atoms with van der Waals surface area (Å²) in [5.74, 6) is 0.621. The van der Waals surface area contributed by atoms with Gasteiger partial charge in [0, 0.05) is 44.3 Å². The predicted molar refractivity (Wildman–Crippen MR) is 111 cm³/mol. The highest BCUT2D eigenvalue weighted by molar-refractivity contribution is 6.05. The fraction of sp³-hybridized carbons (Fsp3) is 0.565. The van der Waals surface area contributed by atoms with Crippen LogP contribution >= 0.6 is 0 Å². The van der Waals surface area contributed by atoms with E-state index in [-0.39, 0.29) is 11.5 Å². The van der Waals surface area contributed by atoms with Crippen LogP contribution in [0.1, 0.15) is 29.6 Å². The molecule has 0 saturated carbocycles. The number of piperidine rings is 1. The molecule has 5 rings (SSSR count). The molecule has 2 atom stereocenters. The largest absolute Gasteiger partial charge is 0.379 e. The summed E-state index contributed by atoms with van der Waals surface area (Å²) < 4.78 is 11.8. The normalized spacial score (nSPS) is 28.3. The molecule has 4 heterocycles. The molecule has 3 saturated heterocycles. The molecule has 6 heteroatoms. The number of ether oxygens (including phenoxy) is 2. The smallest absolute Gasteiger partial charge is 0.256 e. The van der Waals surface area contributed by atoms with Gasteiger partial charge in [0.15, 0.2) is 0 Å². The number of benzene rings is 1. The van der Waals surface area contributed by atoms with Gasteiger partial charge in [-0.3, -0.25) is 14.7 Å². The van der Waals surface area contributed by atoms with Crippen molar-refractivity contribution >= 4 is 16.8 Å². The number of likely N-dealkylation sites (tertiary alicyclic amines) is 1. The summed E-state index contributed by atoms with van der Waals surface area (Å²) in [5.41, 5.74) is 1.31. The van der Waals surface area contributed by atoms with E-state index in [0.717, 1.165) is 76.2 Å². The Bertz CT molecular complexity index is 877. The molecule has 1 aromatic heterocycles. The zero-order valence-corrected chi connectivity index (χ0v) is 16.9. The molecule has 0 unspecified atom stereocenters. The molecule has 3 fully saturated rings. The average molecular weight is 396 g/mol. The van der Waals surface area contributed by atoms with Crippen molar-refractivity contribution in [1.82, 2.24) is 14.8 Å². The quantitative estimate of drug-likeness (QED) is 0.800. The van der Waals surface area contributed by atoms with Gasteiger partial charge >= 0.3 is 0 Å². The maximum absolute atomic E-state index is 13.4. The number of morpholine rings is 1. The second-order valence-electron chi connectivity index (χ2n) is 8.69. The fourth-order valence-corrected chi connectivity index (χ4v) is 5.21. The van der Waals surface area contributed by atoms with E-state index < -0.39 is 0 Å². The number of fused-ring (bicyclic) bond motifs is 1. The van der Waals surface area contributed by atoms with Gasteiger partial charge in [0.2, 0.25) is 0 Å². The molecule has 0 N–H and O–H groups in total. The number of carbonyl (C=O) groups excluding carboxylic acids is 1. The summed E-state index contributed by atoms with van der Waals surface area (Å²) in [4.78, 5) is 22.3. The fourth-order valence-electron chi connectivity index (χ4n) is 5.21. The van der Waals surface area contributed by atoms with E-state index >= 15 is 0 Å². The van der Waals surface area contributed by atoms with Crippen LogP contribution < -0.4 is 0 Å². The lowest BCUT2D eigenvalue weighted by Crippen LogP contribution is -2.50. The van der Waals surface area contributed by atoms with Gasteiger partial charge in [0.05, 0.1) is 36.5 Å². The van der Waals surface area contributed by atoms with Gasteiger partial charge in [-0.25, -0.2) is 0 Å². The lowest BCUT2D eigenvalue weighted by molar-refractivity contribution is -0.0451. The van der Waals surface area contributed by atoms with E-state index in [2.05, 4.69) is 9.88 Å². The minimum absolute atomic E-state index is 0.0774. The Morgan fingerprint density at radius 2 is 2.03 bits per heavy atom. The number of nitrogens with zero attached hydrogens (tertiary/aromatic N) is 3. The van der Waals surface area contributed by atoms with Crippen LogP contribution in [0.2, 0.25) is 0 Å². The van der Waals surface area contributed by atoms with Crippen molar-refractivity contribution < 1.29 is 14.3 Å². The van der Waals surface area contributed by atoms with Crippen LogP contribution in [0.15, 0.2) is 36.5 Å². The molecular formula is C23H29N3O3. The van der Waals surface area contributed by atoms with Crippen molar-refractivity contribution in [2.75, 3.05) is 52.5 Å². The minimum Gasteiger partial charge on any atom is -0.379 e. The number of rotatable bonds is 3. The number of aromatic nitrogens is 1.